The molecule has 0 saturated heterocycles. The predicted molar refractivity (Wildman–Crippen MR) is 148 cm³/mol. The first kappa shape index (κ1) is 35.0. The molecule has 0 saturated carbocycles. The van der Waals surface area contributed by atoms with Crippen LogP contribution in [0.25, 0.3) is 0 Å². The first-order chi connectivity index (χ1) is 17.9. The predicted octanol–water partition coefficient (Wildman–Crippen LogP) is 6.08. The van der Waals surface area contributed by atoms with Crippen molar-refractivity contribution in [3.8, 4) is 0 Å². The number of benzene rings is 1. The topological polar surface area (TPSA) is 113 Å². The summed E-state index contributed by atoms with van der Waals surface area (Å²) in [4.78, 5) is 24.7. The summed E-state index contributed by atoms with van der Waals surface area (Å²) in [6.07, 6.45) is 14.2. The Morgan fingerprint density at radius 3 is 1.27 bits per heavy atom. The highest BCUT2D eigenvalue weighted by molar-refractivity contribution is 6.03. The maximum absolute atomic E-state index is 12.4. The lowest BCUT2D eigenvalue weighted by atomic mass is 9.88. The highest BCUT2D eigenvalue weighted by atomic mass is 16.5. The summed E-state index contributed by atoms with van der Waals surface area (Å²) < 4.78 is 10.7. The van der Waals surface area contributed by atoms with E-state index in [1.165, 1.54) is 51.4 Å². The van der Waals surface area contributed by atoms with Crippen LogP contribution in [0.4, 0.5) is 0 Å². The van der Waals surface area contributed by atoms with Crippen LogP contribution in [-0.4, -0.2) is 60.3 Å². The van der Waals surface area contributed by atoms with E-state index in [4.69, 9.17) is 24.8 Å². The zero-order valence-corrected chi connectivity index (χ0v) is 23.5. The minimum atomic E-state index is -0.667. The lowest BCUT2D eigenvalue weighted by Gasteiger charge is -2.24. The summed E-state index contributed by atoms with van der Waals surface area (Å²) in [6.45, 7) is 6.53. The number of ether oxygens (including phenoxy) is 2. The molecular formula is C30H52O7. The molecule has 1 aromatic rings. The standard InChI is InChI=1S/C24H38O4.C6H14O3/c1-3-5-7-9-11-15-19-27-23(25)21-17-13-14-18-22(21)24(26)28-20-16-12-10-8-6-4-2;1-2-6(3-7,4-8)5-9/h13-14,17-18H,3-12,15-16,19-20H2,1-2H3;7-9H,2-5H2,1H3. The van der Waals surface area contributed by atoms with E-state index in [1.54, 1.807) is 24.3 Å². The highest BCUT2D eigenvalue weighted by Gasteiger charge is 2.25. The van der Waals surface area contributed by atoms with Crippen LogP contribution in [0.5, 0.6) is 0 Å². The Morgan fingerprint density at radius 2 is 0.973 bits per heavy atom. The third kappa shape index (κ3) is 15.8. The van der Waals surface area contributed by atoms with Crippen molar-refractivity contribution in [1.82, 2.24) is 0 Å². The number of carbonyl (C=O) groups is 2. The van der Waals surface area contributed by atoms with Crippen LogP contribution in [0, 0.1) is 5.41 Å². The van der Waals surface area contributed by atoms with Crippen LogP contribution in [0.15, 0.2) is 24.3 Å². The summed E-state index contributed by atoms with van der Waals surface area (Å²) in [7, 11) is 0. The quantitative estimate of drug-likeness (QED) is 0.140. The van der Waals surface area contributed by atoms with E-state index >= 15 is 0 Å². The van der Waals surface area contributed by atoms with Crippen LogP contribution < -0.4 is 0 Å². The molecule has 214 valence electrons. The van der Waals surface area contributed by atoms with Gasteiger partial charge in [0, 0.05) is 5.41 Å². The minimum Gasteiger partial charge on any atom is -0.462 e. The molecule has 0 fully saturated rings. The van der Waals surface area contributed by atoms with Gasteiger partial charge in [0.05, 0.1) is 44.2 Å². The van der Waals surface area contributed by atoms with Crippen molar-refractivity contribution in [1.29, 1.82) is 0 Å². The van der Waals surface area contributed by atoms with Gasteiger partial charge >= 0.3 is 11.9 Å². The molecule has 7 nitrogen and oxygen atoms in total. The fourth-order valence-corrected chi connectivity index (χ4v) is 3.57. The van der Waals surface area contributed by atoms with Gasteiger partial charge in [0.25, 0.3) is 0 Å². The lowest BCUT2D eigenvalue weighted by Crippen LogP contribution is -2.32. The average molecular weight is 525 g/mol. The van der Waals surface area contributed by atoms with Crippen molar-refractivity contribution in [3.63, 3.8) is 0 Å². The second-order valence-electron chi connectivity index (χ2n) is 9.68. The van der Waals surface area contributed by atoms with Crippen LogP contribution in [0.1, 0.15) is 125 Å². The molecule has 3 N–H and O–H groups in total. The van der Waals surface area contributed by atoms with Crippen LogP contribution in [0.2, 0.25) is 0 Å². The molecule has 0 radical (unpaired) electrons. The molecule has 0 heterocycles. The molecule has 0 aliphatic carbocycles. The van der Waals surface area contributed by atoms with E-state index in [2.05, 4.69) is 13.8 Å². The minimum absolute atomic E-state index is 0.156. The van der Waals surface area contributed by atoms with Crippen molar-refractivity contribution in [2.75, 3.05) is 33.0 Å². The van der Waals surface area contributed by atoms with Crippen LogP contribution in [0.3, 0.4) is 0 Å². The van der Waals surface area contributed by atoms with Gasteiger partial charge in [-0.2, -0.15) is 0 Å². The Morgan fingerprint density at radius 1 is 0.622 bits per heavy atom. The van der Waals surface area contributed by atoms with E-state index in [0.717, 1.165) is 25.7 Å². The summed E-state index contributed by atoms with van der Waals surface area (Å²) >= 11 is 0. The highest BCUT2D eigenvalue weighted by Crippen LogP contribution is 2.18. The molecule has 7 heteroatoms. The second-order valence-corrected chi connectivity index (χ2v) is 9.68. The van der Waals surface area contributed by atoms with Crippen molar-refractivity contribution >= 4 is 11.9 Å². The van der Waals surface area contributed by atoms with Gasteiger partial charge in [-0.05, 0) is 31.4 Å². The number of hydrogen-bond donors (Lipinski definition) is 3. The molecule has 0 atom stereocenters. The fourth-order valence-electron chi connectivity index (χ4n) is 3.57. The molecule has 1 rings (SSSR count). The number of unbranched alkanes of at least 4 members (excludes halogenated alkanes) is 10. The third-order valence-corrected chi connectivity index (χ3v) is 6.59. The number of rotatable bonds is 20. The van der Waals surface area contributed by atoms with Gasteiger partial charge in [0.2, 0.25) is 0 Å². The number of aliphatic hydroxyl groups excluding tert-OH is 3. The Kier molecular flexibility index (Phi) is 22.0. The average Bonchev–Trinajstić information content (AvgIpc) is 2.93. The molecule has 1 aromatic carbocycles. The summed E-state index contributed by atoms with van der Waals surface area (Å²) in [5, 5.41) is 26.0. The van der Waals surface area contributed by atoms with Crippen LogP contribution >= 0.6 is 0 Å². The smallest absolute Gasteiger partial charge is 0.339 e. The number of hydrogen-bond acceptors (Lipinski definition) is 7. The molecule has 0 unspecified atom stereocenters. The van der Waals surface area contributed by atoms with Gasteiger partial charge in [-0.15, -0.1) is 0 Å². The van der Waals surface area contributed by atoms with Gasteiger partial charge in [-0.3, -0.25) is 0 Å². The van der Waals surface area contributed by atoms with Gasteiger partial charge in [0.1, 0.15) is 0 Å². The lowest BCUT2D eigenvalue weighted by molar-refractivity contribution is 0.00303. The van der Waals surface area contributed by atoms with Crippen molar-refractivity contribution in [2.45, 2.75) is 104 Å². The Labute approximate surface area is 224 Å². The Bertz CT molecular complexity index is 634. The molecule has 0 aromatic heterocycles. The van der Waals surface area contributed by atoms with E-state index in [-0.39, 0.29) is 19.8 Å². The number of esters is 2. The molecule has 0 bridgehead atoms. The molecule has 0 aliphatic rings. The van der Waals surface area contributed by atoms with Gasteiger partial charge < -0.3 is 24.8 Å². The van der Waals surface area contributed by atoms with Gasteiger partial charge in [0.15, 0.2) is 0 Å². The summed E-state index contributed by atoms with van der Waals surface area (Å²) in [6, 6.07) is 6.74. The monoisotopic (exact) mass is 524 g/mol. The largest absolute Gasteiger partial charge is 0.462 e. The molecule has 0 spiro atoms. The second kappa shape index (κ2) is 23.2. The van der Waals surface area contributed by atoms with Gasteiger partial charge in [-0.1, -0.05) is 97.1 Å². The maximum Gasteiger partial charge on any atom is 0.339 e. The zero-order chi connectivity index (χ0) is 27.8. The van der Waals surface area contributed by atoms with Crippen LogP contribution in [-0.2, 0) is 9.47 Å². The van der Waals surface area contributed by atoms with E-state index in [9.17, 15) is 9.59 Å². The summed E-state index contributed by atoms with van der Waals surface area (Å²) in [5.74, 6) is -0.888. The van der Waals surface area contributed by atoms with Crippen molar-refractivity contribution < 1.29 is 34.4 Å². The third-order valence-electron chi connectivity index (χ3n) is 6.59. The van der Waals surface area contributed by atoms with E-state index in [1.807, 2.05) is 6.92 Å². The Balaban J connectivity index is 0.00000122. The van der Waals surface area contributed by atoms with Crippen molar-refractivity contribution in [2.24, 2.45) is 5.41 Å². The first-order valence-electron chi connectivity index (χ1n) is 14.2. The Hall–Kier alpha value is -1.96. The zero-order valence-electron chi connectivity index (χ0n) is 23.5. The SMILES string of the molecule is CCC(CO)(CO)CO.CCCCCCCCOC(=O)c1ccccc1C(=O)OCCCCCCCC. The summed E-state index contributed by atoms with van der Waals surface area (Å²) in [5.41, 5.74) is -0.0807. The molecular weight excluding hydrogens is 472 g/mol. The first-order valence-corrected chi connectivity index (χ1v) is 14.2. The molecule has 37 heavy (non-hydrogen) atoms. The molecule has 0 aliphatic heterocycles. The molecule has 0 amide bonds. The van der Waals surface area contributed by atoms with E-state index in [0.29, 0.717) is 30.8 Å². The van der Waals surface area contributed by atoms with Crippen molar-refractivity contribution in [3.05, 3.63) is 35.4 Å². The normalized spacial score (nSPS) is 11.0. The van der Waals surface area contributed by atoms with E-state index < -0.39 is 17.4 Å². The maximum atomic E-state index is 12.4. The number of aliphatic hydroxyl groups is 3. The fraction of sp³-hybridized carbons (Fsp3) is 0.733. The number of carbonyl (C=O) groups excluding carboxylic acids is 2. The van der Waals surface area contributed by atoms with Gasteiger partial charge in [-0.25, -0.2) is 9.59 Å².